The van der Waals surface area contributed by atoms with Gasteiger partial charge in [-0.3, -0.25) is 0 Å². The Morgan fingerprint density at radius 1 is 1.28 bits per heavy atom. The molecule has 3 heteroatoms. The number of benzene rings is 1. The van der Waals surface area contributed by atoms with Crippen LogP contribution >= 0.6 is 11.8 Å². The number of rotatable bonds is 2. The maximum atomic E-state index is 5.89. The predicted molar refractivity (Wildman–Crippen MR) is 80.9 cm³/mol. The molecule has 0 saturated carbocycles. The van der Waals surface area contributed by atoms with E-state index in [9.17, 15) is 0 Å². The van der Waals surface area contributed by atoms with Gasteiger partial charge in [-0.25, -0.2) is 0 Å². The van der Waals surface area contributed by atoms with Gasteiger partial charge < -0.3 is 11.1 Å². The number of nitrogens with two attached hydrogens (primary N) is 1. The smallest absolute Gasteiger partial charge is 0.0605 e. The first-order valence-corrected chi connectivity index (χ1v) is 7.81. The van der Waals surface area contributed by atoms with E-state index in [2.05, 4.69) is 31.3 Å². The molecule has 0 amide bonds. The van der Waals surface area contributed by atoms with Crippen LogP contribution in [0.2, 0.25) is 0 Å². The molecule has 0 aliphatic carbocycles. The first-order chi connectivity index (χ1) is 8.66. The topological polar surface area (TPSA) is 38.0 Å². The molecule has 3 N–H and O–H groups in total. The van der Waals surface area contributed by atoms with Gasteiger partial charge in [0, 0.05) is 10.6 Å². The Bertz CT molecular complexity index is 392. The average Bonchev–Trinajstić information content (AvgIpc) is 2.33. The number of aryl methyl sites for hydroxylation is 1. The Hall–Kier alpha value is -0.670. The third kappa shape index (κ3) is 3.66. The number of thioether (sulfide) groups is 1. The van der Waals surface area contributed by atoms with Crippen molar-refractivity contribution in [1.29, 1.82) is 0 Å². The number of anilines is 1. The summed E-state index contributed by atoms with van der Waals surface area (Å²) in [6.07, 6.45) is 5.37. The summed E-state index contributed by atoms with van der Waals surface area (Å²) >= 11 is 1.94. The van der Waals surface area contributed by atoms with Gasteiger partial charge in [0.2, 0.25) is 0 Å². The zero-order valence-corrected chi connectivity index (χ0v) is 12.2. The second kappa shape index (κ2) is 6.48. The van der Waals surface area contributed by atoms with Crippen LogP contribution in [0.25, 0.3) is 0 Å². The molecule has 2 atom stereocenters. The zero-order chi connectivity index (χ0) is 13.0. The van der Waals surface area contributed by atoms with Gasteiger partial charge in [0.1, 0.15) is 0 Å². The minimum atomic E-state index is 0.519. The van der Waals surface area contributed by atoms with Gasteiger partial charge in [-0.15, -0.1) is 11.8 Å². The van der Waals surface area contributed by atoms with Crippen molar-refractivity contribution < 1.29 is 0 Å². The van der Waals surface area contributed by atoms with Crippen molar-refractivity contribution in [2.75, 3.05) is 12.3 Å². The highest BCUT2D eigenvalue weighted by molar-refractivity contribution is 8.00. The van der Waals surface area contributed by atoms with E-state index in [0.29, 0.717) is 5.37 Å². The monoisotopic (exact) mass is 264 g/mol. The van der Waals surface area contributed by atoms with Crippen molar-refractivity contribution in [3.8, 4) is 0 Å². The molecule has 0 radical (unpaired) electrons. The van der Waals surface area contributed by atoms with E-state index in [-0.39, 0.29) is 0 Å². The Balaban J connectivity index is 2.07. The average molecular weight is 264 g/mol. The van der Waals surface area contributed by atoms with Crippen molar-refractivity contribution in [2.45, 2.75) is 49.8 Å². The van der Waals surface area contributed by atoms with E-state index in [4.69, 9.17) is 5.73 Å². The fourth-order valence-corrected chi connectivity index (χ4v) is 3.70. The summed E-state index contributed by atoms with van der Waals surface area (Å²) < 4.78 is 0. The molecule has 1 aliphatic rings. The zero-order valence-electron chi connectivity index (χ0n) is 11.4. The first-order valence-electron chi connectivity index (χ1n) is 6.93. The fourth-order valence-electron chi connectivity index (χ4n) is 2.40. The van der Waals surface area contributed by atoms with Crippen LogP contribution in [0.3, 0.4) is 0 Å². The van der Waals surface area contributed by atoms with Crippen LogP contribution in [0.1, 0.15) is 38.2 Å². The lowest BCUT2D eigenvalue weighted by Gasteiger charge is -2.27. The minimum absolute atomic E-state index is 0.519. The molecule has 2 rings (SSSR count). The van der Waals surface area contributed by atoms with Crippen molar-refractivity contribution in [2.24, 2.45) is 5.92 Å². The number of hydrogen-bond donors (Lipinski definition) is 2. The lowest BCUT2D eigenvalue weighted by molar-refractivity contribution is 0.395. The highest BCUT2D eigenvalue weighted by atomic mass is 32.2. The van der Waals surface area contributed by atoms with E-state index < -0.39 is 0 Å². The van der Waals surface area contributed by atoms with Crippen molar-refractivity contribution in [1.82, 2.24) is 5.32 Å². The van der Waals surface area contributed by atoms with Gasteiger partial charge in [0.05, 0.1) is 5.37 Å². The molecule has 0 bridgehead atoms. The molecule has 1 aromatic carbocycles. The highest BCUT2D eigenvalue weighted by Gasteiger charge is 2.20. The van der Waals surface area contributed by atoms with Crippen LogP contribution in [0.5, 0.6) is 0 Å². The van der Waals surface area contributed by atoms with Crippen molar-refractivity contribution in [3.63, 3.8) is 0 Å². The summed E-state index contributed by atoms with van der Waals surface area (Å²) in [5, 5.41) is 4.21. The molecular weight excluding hydrogens is 240 g/mol. The summed E-state index contributed by atoms with van der Waals surface area (Å²) in [4.78, 5) is 1.32. The lowest BCUT2D eigenvalue weighted by Crippen LogP contribution is -2.34. The number of hydrogen-bond acceptors (Lipinski definition) is 3. The third-order valence-corrected chi connectivity index (χ3v) is 5.24. The summed E-state index contributed by atoms with van der Waals surface area (Å²) in [7, 11) is 0. The minimum Gasteiger partial charge on any atom is -0.399 e. The van der Waals surface area contributed by atoms with Crippen molar-refractivity contribution in [3.05, 3.63) is 23.8 Å². The fraction of sp³-hybridized carbons (Fsp3) is 0.600. The summed E-state index contributed by atoms with van der Waals surface area (Å²) in [5.41, 5.74) is 8.08. The maximum absolute atomic E-state index is 5.89. The van der Waals surface area contributed by atoms with Crippen molar-refractivity contribution >= 4 is 17.4 Å². The summed E-state index contributed by atoms with van der Waals surface area (Å²) in [6.45, 7) is 5.66. The molecule has 2 nitrogen and oxygen atoms in total. The number of nitrogens with one attached hydrogen (secondary N) is 1. The molecule has 0 aromatic heterocycles. The van der Waals surface area contributed by atoms with Gasteiger partial charge in [0.15, 0.2) is 0 Å². The molecule has 2 unspecified atom stereocenters. The maximum Gasteiger partial charge on any atom is 0.0605 e. The Morgan fingerprint density at radius 2 is 2.11 bits per heavy atom. The summed E-state index contributed by atoms with van der Waals surface area (Å²) in [6, 6.07) is 6.20. The second-order valence-electron chi connectivity index (χ2n) is 5.34. The van der Waals surface area contributed by atoms with Crippen LogP contribution in [-0.4, -0.2) is 11.9 Å². The highest BCUT2D eigenvalue weighted by Crippen LogP contribution is 2.33. The quantitative estimate of drug-likeness (QED) is 0.798. The molecule has 1 aliphatic heterocycles. The van der Waals surface area contributed by atoms with Crippen LogP contribution in [-0.2, 0) is 0 Å². The first kappa shape index (κ1) is 13.8. The van der Waals surface area contributed by atoms with E-state index in [0.717, 1.165) is 18.2 Å². The van der Waals surface area contributed by atoms with Crippen LogP contribution in [0.4, 0.5) is 5.69 Å². The molecule has 1 fully saturated rings. The van der Waals surface area contributed by atoms with Crippen LogP contribution in [0, 0.1) is 12.8 Å². The van der Waals surface area contributed by atoms with Crippen LogP contribution < -0.4 is 11.1 Å². The standard InChI is InChI=1S/C15H24N2S/c1-11-7-8-13(16)10-14(11)18-15-12(2)6-4-3-5-9-17-15/h7-8,10,12,15,17H,3-6,9,16H2,1-2H3. The second-order valence-corrected chi connectivity index (χ2v) is 6.53. The SMILES string of the molecule is Cc1ccc(N)cc1SC1NCCCCCC1C. The van der Waals surface area contributed by atoms with E-state index in [1.807, 2.05) is 17.8 Å². The van der Waals surface area contributed by atoms with Crippen LogP contribution in [0.15, 0.2) is 23.1 Å². The molecule has 1 heterocycles. The molecule has 18 heavy (non-hydrogen) atoms. The van der Waals surface area contributed by atoms with Gasteiger partial charge in [-0.05, 0) is 49.9 Å². The Morgan fingerprint density at radius 3 is 2.94 bits per heavy atom. The number of nitrogen functional groups attached to an aromatic ring is 1. The lowest BCUT2D eigenvalue weighted by atomic mass is 10.0. The molecule has 100 valence electrons. The van der Waals surface area contributed by atoms with Gasteiger partial charge in [-0.1, -0.05) is 25.8 Å². The van der Waals surface area contributed by atoms with Gasteiger partial charge in [-0.2, -0.15) is 0 Å². The molecule has 1 aromatic rings. The summed E-state index contributed by atoms with van der Waals surface area (Å²) in [5.74, 6) is 0.719. The van der Waals surface area contributed by atoms with E-state index >= 15 is 0 Å². The normalized spacial score (nSPS) is 25.4. The third-order valence-electron chi connectivity index (χ3n) is 3.66. The predicted octanol–water partition coefficient (Wildman–Crippen LogP) is 3.80. The molecule has 0 spiro atoms. The Labute approximate surface area is 115 Å². The van der Waals surface area contributed by atoms with Gasteiger partial charge >= 0.3 is 0 Å². The van der Waals surface area contributed by atoms with E-state index in [1.54, 1.807) is 0 Å². The molecule has 1 saturated heterocycles. The Kier molecular flexibility index (Phi) is 4.95. The van der Waals surface area contributed by atoms with Gasteiger partial charge in [0.25, 0.3) is 0 Å². The van der Waals surface area contributed by atoms with E-state index in [1.165, 1.54) is 36.1 Å². The largest absolute Gasteiger partial charge is 0.399 e. The molecular formula is C15H24N2S.